The van der Waals surface area contributed by atoms with Gasteiger partial charge in [-0.2, -0.15) is 5.10 Å². The van der Waals surface area contributed by atoms with E-state index in [2.05, 4.69) is 10.2 Å². The predicted octanol–water partition coefficient (Wildman–Crippen LogP) is 1.39. The van der Waals surface area contributed by atoms with E-state index in [1.807, 2.05) is 0 Å². The van der Waals surface area contributed by atoms with Crippen molar-refractivity contribution in [3.05, 3.63) is 16.8 Å². The molecule has 1 aromatic rings. The summed E-state index contributed by atoms with van der Waals surface area (Å²) in [7, 11) is -1.65. The summed E-state index contributed by atoms with van der Waals surface area (Å²) in [5.41, 5.74) is 0.406. The molecule has 0 bridgehead atoms. The number of methoxy groups -OCH3 is 1. The minimum absolute atomic E-state index is 0.209. The Labute approximate surface area is 98.7 Å². The second kappa shape index (κ2) is 4.18. The van der Waals surface area contributed by atoms with E-state index in [1.165, 1.54) is 13.2 Å². The first-order valence-corrected chi connectivity index (χ1v) is 6.92. The number of hydrogen-bond acceptors (Lipinski definition) is 5. The molecule has 5 nitrogen and oxygen atoms in total. The van der Waals surface area contributed by atoms with Crippen LogP contribution in [0.25, 0.3) is 0 Å². The number of hydrogen-bond donors (Lipinski definition) is 0. The summed E-state index contributed by atoms with van der Waals surface area (Å²) >= 11 is 5.88. The first-order chi connectivity index (χ1) is 7.54. The van der Waals surface area contributed by atoms with Crippen molar-refractivity contribution >= 4 is 21.4 Å². The van der Waals surface area contributed by atoms with Crippen molar-refractivity contribution in [3.8, 4) is 5.88 Å². The Hall–Kier alpha value is -0.880. The number of sulfone groups is 1. The third kappa shape index (κ3) is 1.99. The van der Waals surface area contributed by atoms with Gasteiger partial charge in [-0.1, -0.05) is 11.6 Å². The summed E-state index contributed by atoms with van der Waals surface area (Å²) in [5.74, 6) is 0.420. The molecule has 0 aliphatic carbocycles. The predicted molar refractivity (Wildman–Crippen MR) is 59.4 cm³/mol. The zero-order valence-corrected chi connectivity index (χ0v) is 10.3. The molecular formula is C9H11ClN2O3S. The van der Waals surface area contributed by atoms with Gasteiger partial charge in [0.2, 0.25) is 0 Å². The molecule has 0 aromatic carbocycles. The van der Waals surface area contributed by atoms with Gasteiger partial charge >= 0.3 is 0 Å². The third-order valence-corrected chi connectivity index (χ3v) is 5.06. The maximum absolute atomic E-state index is 11.7. The lowest BCUT2D eigenvalue weighted by Crippen LogP contribution is -2.10. The lowest BCUT2D eigenvalue weighted by molar-refractivity contribution is 0.391. The Morgan fingerprint density at radius 3 is 2.75 bits per heavy atom. The van der Waals surface area contributed by atoms with Crippen LogP contribution in [0.3, 0.4) is 0 Å². The van der Waals surface area contributed by atoms with Gasteiger partial charge in [-0.15, -0.1) is 5.10 Å². The number of aromatic nitrogens is 2. The van der Waals surface area contributed by atoms with Crippen molar-refractivity contribution in [3.63, 3.8) is 0 Å². The molecule has 0 radical (unpaired) electrons. The standard InChI is InChI=1S/C9H11ClN2O3S/c1-15-9-6(10)5-7(11-12-9)8-3-2-4-16(8,13)14/h5,8H,2-4H2,1H3. The van der Waals surface area contributed by atoms with Crippen LogP contribution in [0.15, 0.2) is 6.07 Å². The Bertz CT molecular complexity index is 503. The van der Waals surface area contributed by atoms with E-state index in [0.717, 1.165) is 0 Å². The lowest BCUT2D eigenvalue weighted by Gasteiger charge is -2.09. The molecule has 0 N–H and O–H groups in total. The topological polar surface area (TPSA) is 69.2 Å². The maximum Gasteiger partial charge on any atom is 0.252 e. The van der Waals surface area contributed by atoms with E-state index in [4.69, 9.17) is 16.3 Å². The lowest BCUT2D eigenvalue weighted by atomic mass is 10.2. The van der Waals surface area contributed by atoms with Crippen molar-refractivity contribution in [2.45, 2.75) is 18.1 Å². The van der Waals surface area contributed by atoms with Crippen molar-refractivity contribution in [1.29, 1.82) is 0 Å². The minimum atomic E-state index is -3.08. The summed E-state index contributed by atoms with van der Waals surface area (Å²) in [4.78, 5) is 0. The van der Waals surface area contributed by atoms with Crippen molar-refractivity contribution in [1.82, 2.24) is 10.2 Å². The molecular weight excluding hydrogens is 252 g/mol. The zero-order valence-electron chi connectivity index (χ0n) is 8.68. The highest BCUT2D eigenvalue weighted by molar-refractivity contribution is 7.91. The molecule has 2 rings (SSSR count). The maximum atomic E-state index is 11.7. The van der Waals surface area contributed by atoms with E-state index in [1.54, 1.807) is 0 Å². The largest absolute Gasteiger partial charge is 0.479 e. The summed E-state index contributed by atoms with van der Waals surface area (Å²) in [6, 6.07) is 1.51. The van der Waals surface area contributed by atoms with Gasteiger partial charge in [-0.25, -0.2) is 8.42 Å². The Morgan fingerprint density at radius 2 is 2.25 bits per heavy atom. The molecule has 1 fully saturated rings. The quantitative estimate of drug-likeness (QED) is 0.806. The molecule has 2 heterocycles. The van der Waals surface area contributed by atoms with Crippen LogP contribution in [0, 0.1) is 0 Å². The van der Waals surface area contributed by atoms with Crippen LogP contribution in [0.1, 0.15) is 23.8 Å². The zero-order chi connectivity index (χ0) is 11.8. The molecule has 0 spiro atoms. The van der Waals surface area contributed by atoms with Crippen LogP contribution in [0.5, 0.6) is 5.88 Å². The van der Waals surface area contributed by atoms with Crippen LogP contribution in [0.2, 0.25) is 5.02 Å². The van der Waals surface area contributed by atoms with Gasteiger partial charge in [0.25, 0.3) is 5.88 Å². The minimum Gasteiger partial charge on any atom is -0.479 e. The van der Waals surface area contributed by atoms with Crippen LogP contribution in [0.4, 0.5) is 0 Å². The fourth-order valence-electron chi connectivity index (χ4n) is 1.79. The van der Waals surface area contributed by atoms with Crippen LogP contribution in [-0.2, 0) is 9.84 Å². The van der Waals surface area contributed by atoms with E-state index in [9.17, 15) is 8.42 Å². The van der Waals surface area contributed by atoms with Gasteiger partial charge in [-0.3, -0.25) is 0 Å². The highest BCUT2D eigenvalue weighted by atomic mass is 35.5. The summed E-state index contributed by atoms with van der Waals surface area (Å²) < 4.78 is 28.2. The summed E-state index contributed by atoms with van der Waals surface area (Å²) in [6.45, 7) is 0. The summed E-state index contributed by atoms with van der Waals surface area (Å²) in [5, 5.41) is 7.31. The second-order valence-corrected chi connectivity index (χ2v) is 6.33. The molecule has 16 heavy (non-hydrogen) atoms. The van der Waals surface area contributed by atoms with Gasteiger partial charge in [0.1, 0.15) is 10.3 Å². The van der Waals surface area contributed by atoms with Crippen LogP contribution in [-0.4, -0.2) is 31.5 Å². The van der Waals surface area contributed by atoms with Crippen molar-refractivity contribution < 1.29 is 13.2 Å². The van der Waals surface area contributed by atoms with Crippen molar-refractivity contribution in [2.24, 2.45) is 0 Å². The van der Waals surface area contributed by atoms with Gasteiger partial charge < -0.3 is 4.74 Å². The molecule has 0 saturated carbocycles. The molecule has 1 aromatic heterocycles. The Balaban J connectivity index is 2.39. The highest BCUT2D eigenvalue weighted by Crippen LogP contribution is 2.35. The van der Waals surface area contributed by atoms with Gasteiger partial charge in [0.05, 0.1) is 18.6 Å². The van der Waals surface area contributed by atoms with Crippen LogP contribution >= 0.6 is 11.6 Å². The smallest absolute Gasteiger partial charge is 0.252 e. The number of halogens is 1. The first-order valence-electron chi connectivity index (χ1n) is 4.83. The molecule has 1 atom stereocenters. The van der Waals surface area contributed by atoms with E-state index in [-0.39, 0.29) is 16.7 Å². The average Bonchev–Trinajstić information content (AvgIpc) is 2.58. The number of ether oxygens (including phenoxy) is 1. The Morgan fingerprint density at radius 1 is 1.50 bits per heavy atom. The van der Waals surface area contributed by atoms with E-state index >= 15 is 0 Å². The third-order valence-electron chi connectivity index (χ3n) is 2.59. The van der Waals surface area contributed by atoms with Gasteiger partial charge in [-0.05, 0) is 18.9 Å². The van der Waals surface area contributed by atoms with E-state index < -0.39 is 15.1 Å². The fourth-order valence-corrected chi connectivity index (χ4v) is 3.88. The van der Waals surface area contributed by atoms with Gasteiger partial charge in [0, 0.05) is 0 Å². The molecule has 1 aliphatic rings. The molecule has 0 amide bonds. The highest BCUT2D eigenvalue weighted by Gasteiger charge is 2.34. The normalized spacial score (nSPS) is 23.2. The fraction of sp³-hybridized carbons (Fsp3) is 0.556. The first kappa shape index (κ1) is 11.6. The molecule has 1 aliphatic heterocycles. The molecule has 1 unspecified atom stereocenters. The number of nitrogens with zero attached hydrogens (tertiary/aromatic N) is 2. The molecule has 1 saturated heterocycles. The SMILES string of the molecule is COc1nnc(C2CCCS2(=O)=O)cc1Cl. The van der Waals surface area contributed by atoms with Crippen LogP contribution < -0.4 is 4.74 Å². The molecule has 88 valence electrons. The monoisotopic (exact) mass is 262 g/mol. The van der Waals surface area contributed by atoms with Gasteiger partial charge in [0.15, 0.2) is 9.84 Å². The van der Waals surface area contributed by atoms with E-state index in [0.29, 0.717) is 18.5 Å². The van der Waals surface area contributed by atoms with Crippen molar-refractivity contribution in [2.75, 3.05) is 12.9 Å². The number of rotatable bonds is 2. The summed E-state index contributed by atoms with van der Waals surface area (Å²) in [6.07, 6.45) is 1.25. The second-order valence-electron chi connectivity index (χ2n) is 3.62. The average molecular weight is 263 g/mol. The molecule has 7 heteroatoms. The Kier molecular flexibility index (Phi) is 3.03.